The van der Waals surface area contributed by atoms with E-state index >= 15 is 0 Å². The summed E-state index contributed by atoms with van der Waals surface area (Å²) in [6.07, 6.45) is 17.9. The van der Waals surface area contributed by atoms with Gasteiger partial charge in [0.2, 0.25) is 0 Å². The molecule has 0 spiro atoms. The second kappa shape index (κ2) is 49.4. The monoisotopic (exact) mass is 1850 g/mol. The first kappa shape index (κ1) is 125. The summed E-state index contributed by atoms with van der Waals surface area (Å²) in [4.78, 5) is 74.6. The van der Waals surface area contributed by atoms with Gasteiger partial charge in [-0.3, -0.25) is 28.8 Å². The standard InChI is InChI=1S/C24H46O2.C22H42O2.C20H32O2.C19H36O2.C18H34O2.C17H26O2/c1-13-24(11,12)20(25)26-19-17(22(5,6)7)14-16(21(2,3)4)15-18(19)23(8,9)10;1-11-22(9,10)20(23)24-19-17(14(2)3)12-16(21(6,7)8)13-18(19)15(4)5;1-10-20(8,9)17(21)22-16-12-14(18(2,3)4)11-15(13-16)19(5,6)7;1-9-18(5,6)16(20)21-15-12-10-14(11-13-15)19(7,8)17(2,3)4;1-8-18(6,7)17(19)20-16-14(12(2)3)10-9-11-15(16)13(4)5;1-7-17(5,6)15(18)19-12-13-8-10-14(11-9-13)16(2,3)4/h16-19H,13-15H2,1-12H3;14-19H,11-13H2,1-10H3;11-13H,10H2,1-9H3;14-15H,9-13H2,1-8H3;12-16H,8-11H2,1-7H3;8-11H,7,12H2,1-6H3. The van der Waals surface area contributed by atoms with Crippen LogP contribution in [0.25, 0.3) is 0 Å². The summed E-state index contributed by atoms with van der Waals surface area (Å²) in [6, 6.07) is 14.5. The second-order valence-electron chi connectivity index (χ2n) is 55.6. The summed E-state index contributed by atoms with van der Waals surface area (Å²) in [5.41, 5.74) is 4.01. The third-order valence-corrected chi connectivity index (χ3v) is 33.1. The predicted octanol–water partition coefficient (Wildman–Crippen LogP) is 34.2. The molecule has 4 aliphatic carbocycles. The van der Waals surface area contributed by atoms with E-state index in [4.69, 9.17) is 28.4 Å². The highest BCUT2D eigenvalue weighted by atomic mass is 16.6. The highest BCUT2D eigenvalue weighted by Gasteiger charge is 2.53. The highest BCUT2D eigenvalue weighted by Crippen LogP contribution is 2.56. The average molecular weight is 1850 g/mol. The van der Waals surface area contributed by atoms with Gasteiger partial charge in [0.05, 0.1) is 32.5 Å². The molecule has 0 radical (unpaired) electrons. The lowest BCUT2D eigenvalue weighted by Gasteiger charge is -2.53. The summed E-state index contributed by atoms with van der Waals surface area (Å²) < 4.78 is 35.4. The molecule has 4 aliphatic rings. The first-order valence-corrected chi connectivity index (χ1v) is 52.8. The van der Waals surface area contributed by atoms with Crippen LogP contribution in [0.3, 0.4) is 0 Å². The molecular weight excluding hydrogens is 1630 g/mol. The SMILES string of the molecule is CCC(C)(C)C(=O)OC1C(C(C)(C)C)CC(C(C)(C)C)CC1C(C)(C)C.CCC(C)(C)C(=O)OC1C(C(C)C)CC(C(C)(C)C)CC1C(C)C.CCC(C)(C)C(=O)OC1C(C(C)C)CCCC1C(C)C.CCC(C)(C)C(=O)OC1CCC(C(C)(C)C(C)(C)C)CC1.CCC(C)(C)C(=O)OCc1ccc(C(C)(C)C)cc1.CCC(C)(C)C(=O)Oc1cc(C(C)(C)C)cc(C(C)(C)C)c1. The van der Waals surface area contributed by atoms with Gasteiger partial charge in [0.1, 0.15) is 36.8 Å². The van der Waals surface area contributed by atoms with Crippen molar-refractivity contribution in [2.24, 2.45) is 142 Å². The summed E-state index contributed by atoms with van der Waals surface area (Å²) in [5, 5.41) is 0. The largest absolute Gasteiger partial charge is 0.462 e. The highest BCUT2D eigenvalue weighted by molar-refractivity contribution is 5.79. The van der Waals surface area contributed by atoms with E-state index in [0.29, 0.717) is 99.6 Å². The Morgan fingerprint density at radius 2 is 0.591 bits per heavy atom. The van der Waals surface area contributed by atoms with Crippen LogP contribution in [0.2, 0.25) is 0 Å². The van der Waals surface area contributed by atoms with Crippen molar-refractivity contribution in [1.82, 2.24) is 0 Å². The summed E-state index contributed by atoms with van der Waals surface area (Å²) in [7, 11) is 0. The van der Waals surface area contributed by atoms with Gasteiger partial charge in [-0.15, -0.1) is 0 Å². The molecule has 0 amide bonds. The van der Waals surface area contributed by atoms with Gasteiger partial charge in [-0.25, -0.2) is 0 Å². The number of ether oxygens (including phenoxy) is 6. The molecule has 768 valence electrons. The normalized spacial score (nSPS) is 23.1. The maximum Gasteiger partial charge on any atom is 0.316 e. The zero-order chi connectivity index (χ0) is 104. The number of hydrogen-bond acceptors (Lipinski definition) is 12. The van der Waals surface area contributed by atoms with E-state index in [2.05, 4.69) is 274 Å². The number of carbonyl (C=O) groups excluding carboxylic acids is 6. The van der Waals surface area contributed by atoms with Gasteiger partial charge in [0.15, 0.2) is 0 Å². The number of hydrogen-bond donors (Lipinski definition) is 0. The van der Waals surface area contributed by atoms with Crippen molar-refractivity contribution >= 4 is 35.8 Å². The maximum absolute atomic E-state index is 13.0. The Labute approximate surface area is 817 Å². The molecule has 4 saturated carbocycles. The molecule has 2 aromatic carbocycles. The van der Waals surface area contributed by atoms with E-state index < -0.39 is 16.2 Å². The molecule has 6 atom stereocenters. The molecular formula is C120H216O12. The molecule has 12 heteroatoms. The minimum Gasteiger partial charge on any atom is -0.462 e. The van der Waals surface area contributed by atoms with Gasteiger partial charge in [0.25, 0.3) is 0 Å². The van der Waals surface area contributed by atoms with Crippen molar-refractivity contribution in [3.63, 3.8) is 0 Å². The van der Waals surface area contributed by atoms with Crippen LogP contribution < -0.4 is 4.74 Å². The Morgan fingerprint density at radius 3 is 0.879 bits per heavy atom. The van der Waals surface area contributed by atoms with Crippen molar-refractivity contribution in [3.8, 4) is 5.75 Å². The third kappa shape index (κ3) is 38.1. The van der Waals surface area contributed by atoms with Gasteiger partial charge in [0, 0.05) is 11.8 Å². The summed E-state index contributed by atoms with van der Waals surface area (Å²) in [6.45, 7) is 114. The fourth-order valence-corrected chi connectivity index (χ4v) is 17.9. The molecule has 4 fully saturated rings. The van der Waals surface area contributed by atoms with Gasteiger partial charge in [-0.05, 0) is 334 Å². The number of carbonyl (C=O) groups is 6. The second-order valence-corrected chi connectivity index (χ2v) is 55.6. The molecule has 0 aromatic heterocycles. The molecule has 0 saturated heterocycles. The van der Waals surface area contributed by atoms with Crippen LogP contribution in [-0.2, 0) is 75.3 Å². The molecule has 6 unspecified atom stereocenters. The molecule has 0 N–H and O–H groups in total. The molecule has 132 heavy (non-hydrogen) atoms. The first-order chi connectivity index (χ1) is 59.3. The number of esters is 6. The van der Waals surface area contributed by atoms with Crippen LogP contribution in [0.5, 0.6) is 5.75 Å². The molecule has 0 heterocycles. The predicted molar refractivity (Wildman–Crippen MR) is 561 cm³/mol. The number of rotatable bonds is 24. The maximum atomic E-state index is 13.0. The fraction of sp³-hybridized carbons (Fsp3) is 0.850. The van der Waals surface area contributed by atoms with Crippen molar-refractivity contribution in [3.05, 3.63) is 64.7 Å². The third-order valence-electron chi connectivity index (χ3n) is 33.1. The van der Waals surface area contributed by atoms with E-state index in [1.165, 1.54) is 61.6 Å². The molecule has 6 rings (SSSR count). The summed E-state index contributed by atoms with van der Waals surface area (Å²) in [5.74, 6) is 7.37. The van der Waals surface area contributed by atoms with Crippen molar-refractivity contribution in [1.29, 1.82) is 0 Å². The zero-order valence-corrected chi connectivity index (χ0v) is 96.5. The smallest absolute Gasteiger partial charge is 0.316 e. The summed E-state index contributed by atoms with van der Waals surface area (Å²) >= 11 is 0. The van der Waals surface area contributed by atoms with E-state index in [0.717, 1.165) is 75.7 Å². The zero-order valence-electron chi connectivity index (χ0n) is 96.5. The van der Waals surface area contributed by atoms with Crippen LogP contribution in [0, 0.1) is 142 Å². The Morgan fingerprint density at radius 1 is 0.303 bits per heavy atom. The molecule has 0 bridgehead atoms. The van der Waals surface area contributed by atoms with E-state index in [9.17, 15) is 28.8 Å². The van der Waals surface area contributed by atoms with Crippen LogP contribution in [0.4, 0.5) is 0 Å². The van der Waals surface area contributed by atoms with Crippen molar-refractivity contribution in [2.75, 3.05) is 0 Å². The molecule has 2 aromatic rings. The van der Waals surface area contributed by atoms with Crippen LogP contribution in [0.15, 0.2) is 42.5 Å². The Hall–Kier alpha value is -4.74. The van der Waals surface area contributed by atoms with E-state index in [-0.39, 0.29) is 109 Å². The Kier molecular flexibility index (Phi) is 46.9. The van der Waals surface area contributed by atoms with Crippen molar-refractivity contribution in [2.45, 2.75) is 516 Å². The number of benzene rings is 2. The van der Waals surface area contributed by atoms with Gasteiger partial charge in [-0.2, -0.15) is 0 Å². The van der Waals surface area contributed by atoms with E-state index in [1.807, 2.05) is 128 Å². The lowest BCUT2D eigenvalue weighted by atomic mass is 9.55. The molecule has 0 aliphatic heterocycles. The lowest BCUT2D eigenvalue weighted by Crippen LogP contribution is -2.52. The van der Waals surface area contributed by atoms with Crippen LogP contribution in [-0.4, -0.2) is 60.2 Å². The fourth-order valence-electron chi connectivity index (χ4n) is 17.9. The van der Waals surface area contributed by atoms with Gasteiger partial charge < -0.3 is 28.4 Å². The Balaban J connectivity index is 0.000000794. The quantitative estimate of drug-likeness (QED) is 0.0557. The van der Waals surface area contributed by atoms with Gasteiger partial charge >= 0.3 is 35.8 Å². The minimum absolute atomic E-state index is 0.00641. The average Bonchev–Trinajstić information content (AvgIpc) is 0.757. The lowest BCUT2D eigenvalue weighted by molar-refractivity contribution is -0.182. The molecule has 12 nitrogen and oxygen atoms in total. The first-order valence-electron chi connectivity index (χ1n) is 52.8. The Bertz CT molecular complexity index is 3710. The van der Waals surface area contributed by atoms with Gasteiger partial charge in [-0.1, -0.05) is 314 Å². The topological polar surface area (TPSA) is 158 Å². The minimum atomic E-state index is -0.459. The van der Waals surface area contributed by atoms with E-state index in [1.54, 1.807) is 0 Å². The van der Waals surface area contributed by atoms with Crippen molar-refractivity contribution < 1.29 is 57.2 Å². The van der Waals surface area contributed by atoms with Crippen LogP contribution in [0.1, 0.15) is 491 Å². The van der Waals surface area contributed by atoms with Crippen LogP contribution >= 0.6 is 0 Å².